The van der Waals surface area contributed by atoms with Gasteiger partial charge < -0.3 is 10.8 Å². The summed E-state index contributed by atoms with van der Waals surface area (Å²) in [5.74, 6) is -4.08. The van der Waals surface area contributed by atoms with E-state index in [0.29, 0.717) is 0 Å². The van der Waals surface area contributed by atoms with Crippen molar-refractivity contribution in [3.05, 3.63) is 0 Å². The van der Waals surface area contributed by atoms with Crippen LogP contribution in [0.3, 0.4) is 0 Å². The van der Waals surface area contributed by atoms with Gasteiger partial charge in [0.2, 0.25) is 0 Å². The van der Waals surface area contributed by atoms with E-state index in [4.69, 9.17) is 17.7 Å². The number of carbonyl (C=O) groups is 1. The van der Waals surface area contributed by atoms with Crippen LogP contribution in [0.2, 0.25) is 0 Å². The molecule has 0 aliphatic carbocycles. The van der Waals surface area contributed by atoms with Crippen LogP contribution in [0.1, 0.15) is 27.0 Å². The van der Waals surface area contributed by atoms with Crippen LogP contribution in [0.25, 0.3) is 0 Å². The van der Waals surface area contributed by atoms with Crippen molar-refractivity contribution in [1.29, 1.82) is 0 Å². The number of carboxylic acid groups (broad SMARTS) is 1. The molecular formula is C6H13NO2. The van der Waals surface area contributed by atoms with Crippen molar-refractivity contribution in [3.63, 3.8) is 0 Å². The van der Waals surface area contributed by atoms with Crippen LogP contribution in [0.5, 0.6) is 0 Å². The highest BCUT2D eigenvalue weighted by Gasteiger charge is 2.17. The highest BCUT2D eigenvalue weighted by molar-refractivity contribution is 5.73. The fourth-order valence-electron chi connectivity index (χ4n) is 0.313. The molecule has 3 N–H and O–H groups in total. The third-order valence-electron chi connectivity index (χ3n) is 0.912. The van der Waals surface area contributed by atoms with Crippen LogP contribution in [0, 0.1) is 5.89 Å². The molecule has 0 saturated heterocycles. The summed E-state index contributed by atoms with van der Waals surface area (Å²) in [6, 6.07) is -1.90. The Morgan fingerprint density at radius 2 is 2.78 bits per heavy atom. The summed E-state index contributed by atoms with van der Waals surface area (Å²) < 4.78 is 35.8. The number of nitrogens with two attached hydrogens (primary N) is 1. The van der Waals surface area contributed by atoms with E-state index in [1.54, 1.807) is 0 Å². The van der Waals surface area contributed by atoms with Crippen molar-refractivity contribution < 1.29 is 16.8 Å². The molecule has 0 fully saturated rings. The Kier molecular flexibility index (Phi) is 1.16. The Hall–Kier alpha value is -0.570. The molecule has 0 bridgehead atoms. The van der Waals surface area contributed by atoms with Gasteiger partial charge in [-0.05, 0) is 5.89 Å². The average Bonchev–Trinajstić information content (AvgIpc) is 1.98. The molecule has 54 valence electrons. The second-order valence-electron chi connectivity index (χ2n) is 1.56. The first-order valence-electron chi connectivity index (χ1n) is 5.03. The monoisotopic (exact) mass is 140 g/mol. The average molecular weight is 140 g/mol. The van der Waals surface area contributed by atoms with Crippen molar-refractivity contribution in [1.82, 2.24) is 0 Å². The maximum Gasteiger partial charge on any atom is 0.320 e. The van der Waals surface area contributed by atoms with Crippen molar-refractivity contribution in [2.75, 3.05) is 0 Å². The quantitative estimate of drug-likeness (QED) is 0.441. The molecule has 3 atom stereocenters. The maximum absolute atomic E-state index is 10.5. The van der Waals surface area contributed by atoms with E-state index in [9.17, 15) is 4.79 Å². The Labute approximate surface area is 61.9 Å². The van der Waals surface area contributed by atoms with Crippen molar-refractivity contribution in [2.24, 2.45) is 11.6 Å². The van der Waals surface area contributed by atoms with Gasteiger partial charge in [-0.25, -0.2) is 0 Å². The Balaban J connectivity index is 5.22. The molecule has 0 amide bonds. The SMILES string of the molecule is [2H][13C@@H](C)[12C@@]([2H])([13C@H]([15NH2])[13C](=O)O)[12C]([2H])([2H])[2H]. The molecule has 0 aromatic rings. The van der Waals surface area contributed by atoms with Crippen LogP contribution in [0.15, 0.2) is 0 Å². The molecule has 0 radical (unpaired) electrons. The Bertz CT molecular complexity index is 229. The lowest BCUT2D eigenvalue weighted by Gasteiger charge is -2.11. The smallest absolute Gasteiger partial charge is 0.320 e. The molecule has 0 unspecified atom stereocenters. The van der Waals surface area contributed by atoms with Gasteiger partial charge in [-0.3, -0.25) is 4.79 Å². The minimum atomic E-state index is -2.90. The third kappa shape index (κ3) is 2.46. The van der Waals surface area contributed by atoms with Crippen molar-refractivity contribution in [2.45, 2.75) is 26.2 Å². The summed E-state index contributed by atoms with van der Waals surface area (Å²) in [4.78, 5) is 10.5. The van der Waals surface area contributed by atoms with E-state index in [1.165, 1.54) is 0 Å². The van der Waals surface area contributed by atoms with Crippen LogP contribution in [-0.2, 0) is 4.79 Å². The second kappa shape index (κ2) is 3.45. The number of rotatable bonds is 3. The number of hydrogen-bond donors (Lipinski definition) is 2. The molecule has 0 rings (SSSR count). The Morgan fingerprint density at radius 3 is 2.89 bits per heavy atom. The van der Waals surface area contributed by atoms with Gasteiger partial charge in [0.15, 0.2) is 0 Å². The van der Waals surface area contributed by atoms with Crippen LogP contribution in [0.4, 0.5) is 0 Å². The fraction of sp³-hybridized carbons (Fsp3) is 0.833. The highest BCUT2D eigenvalue weighted by atomic mass is 16.5. The van der Waals surface area contributed by atoms with Crippen LogP contribution in [-0.4, -0.2) is 17.1 Å². The number of carboxylic acids is 1. The molecule has 0 aromatic heterocycles. The van der Waals surface area contributed by atoms with E-state index in [0.717, 1.165) is 6.92 Å². The topological polar surface area (TPSA) is 63.3 Å². The van der Waals surface area contributed by atoms with Gasteiger partial charge in [0.1, 0.15) is 6.04 Å². The summed E-state index contributed by atoms with van der Waals surface area (Å²) in [5, 5.41) is 8.55. The van der Waals surface area contributed by atoms with E-state index in [2.05, 4.69) is 0 Å². The summed E-state index contributed by atoms with van der Waals surface area (Å²) in [5.41, 5.74) is 5.12. The van der Waals surface area contributed by atoms with Gasteiger partial charge in [0.25, 0.3) is 0 Å². The lowest BCUT2D eigenvalue weighted by atomic mass is 10.4. The van der Waals surface area contributed by atoms with Gasteiger partial charge in [-0.2, -0.15) is 0 Å². The lowest BCUT2D eigenvalue weighted by Crippen LogP contribution is -2.36. The zero-order chi connectivity index (χ0) is 11.7. The van der Waals surface area contributed by atoms with Gasteiger partial charge in [0, 0.05) is 6.85 Å². The van der Waals surface area contributed by atoms with E-state index < -0.39 is 31.2 Å². The molecule has 3 heteroatoms. The summed E-state index contributed by atoms with van der Waals surface area (Å²) in [6.45, 7) is -1.76. The third-order valence-corrected chi connectivity index (χ3v) is 0.912. The largest absolute Gasteiger partial charge is 0.480 e. The minimum Gasteiger partial charge on any atom is -0.480 e. The predicted octanol–water partition coefficient (Wildman–Crippen LogP) is 0.444. The van der Waals surface area contributed by atoms with Gasteiger partial charge in [-0.15, -0.1) is 0 Å². The van der Waals surface area contributed by atoms with E-state index in [1.807, 2.05) is 0 Å². The van der Waals surface area contributed by atoms with Gasteiger partial charge in [-0.1, -0.05) is 20.2 Å². The van der Waals surface area contributed by atoms with Crippen molar-refractivity contribution in [3.8, 4) is 0 Å². The molecule has 0 heterocycles. The molecule has 9 heavy (non-hydrogen) atoms. The fourth-order valence-corrected chi connectivity index (χ4v) is 0.313. The maximum atomic E-state index is 10.5. The molecular weight excluding hydrogens is 122 g/mol. The predicted molar refractivity (Wildman–Crippen MR) is 35.1 cm³/mol. The highest BCUT2D eigenvalue weighted by Crippen LogP contribution is 2.04. The standard InChI is InChI=1S/C6H13NO2/c1-3-4(2)5(7)6(8)9/h4-5H,3,7H2,1-2H3,(H,8,9)/t4-,5-/m0/s1/i2+0D3,3+1D,4+0D,5+1,6+1,7+1/t3-,4-,5-. The van der Waals surface area contributed by atoms with Crippen molar-refractivity contribution >= 4 is 5.97 Å². The first-order chi connectivity index (χ1) is 6.05. The first-order valence-corrected chi connectivity index (χ1v) is 2.45. The number of aliphatic carboxylic acids is 1. The molecule has 0 aliphatic heterocycles. The molecule has 0 saturated carbocycles. The minimum absolute atomic E-state index is 1.14. The van der Waals surface area contributed by atoms with E-state index in [-0.39, 0.29) is 0 Å². The molecule has 3 nitrogen and oxygen atoms in total. The van der Waals surface area contributed by atoms with Gasteiger partial charge >= 0.3 is 5.97 Å². The second-order valence-corrected chi connectivity index (χ2v) is 1.56. The van der Waals surface area contributed by atoms with Crippen LogP contribution >= 0.6 is 0 Å². The van der Waals surface area contributed by atoms with E-state index >= 15 is 0 Å². The molecule has 0 aromatic carbocycles. The summed E-state index contributed by atoms with van der Waals surface area (Å²) >= 11 is 0. The number of hydrogen-bond acceptors (Lipinski definition) is 2. The normalized spacial score (nSPS) is 33.3. The van der Waals surface area contributed by atoms with Crippen LogP contribution < -0.4 is 5.73 Å². The summed E-state index contributed by atoms with van der Waals surface area (Å²) in [6.07, 6.45) is -1.42. The summed E-state index contributed by atoms with van der Waals surface area (Å²) in [7, 11) is 0. The van der Waals surface area contributed by atoms with Gasteiger partial charge in [0.05, 0.1) is 0 Å². The molecule has 0 spiro atoms. The zero-order valence-electron chi connectivity index (χ0n) is 10.1. The molecule has 0 aliphatic rings. The lowest BCUT2D eigenvalue weighted by molar-refractivity contribution is -0.139. The Morgan fingerprint density at radius 1 is 2.22 bits per heavy atom. The zero-order valence-corrected chi connectivity index (χ0v) is 5.09. The first kappa shape index (κ1) is 3.01.